The molecule has 0 saturated carbocycles. The minimum absolute atomic E-state index is 0.106. The average molecular weight is 406 g/mol. The molecule has 3 rings (SSSR count). The quantitative estimate of drug-likeness (QED) is 0.756. The summed E-state index contributed by atoms with van der Waals surface area (Å²) < 4.78 is 19.0. The van der Waals surface area contributed by atoms with Gasteiger partial charge in [0.05, 0.1) is 13.2 Å². The highest BCUT2D eigenvalue weighted by Crippen LogP contribution is 2.34. The predicted molar refractivity (Wildman–Crippen MR) is 109 cm³/mol. The molecule has 6 nitrogen and oxygen atoms in total. The highest BCUT2D eigenvalue weighted by Gasteiger charge is 2.39. The summed E-state index contributed by atoms with van der Waals surface area (Å²) in [5, 5.41) is 0. The number of nitrogens with zero attached hydrogens (tertiary/aromatic N) is 2. The normalized spacial score (nSPS) is 23.7. The molecule has 2 aliphatic heterocycles. The number of likely N-dealkylation sites (tertiary alicyclic amines) is 2. The Hall–Kier alpha value is -2.15. The molecule has 0 unspecified atom stereocenters. The molecule has 2 amide bonds. The second kappa shape index (κ2) is 9.57. The fourth-order valence-electron chi connectivity index (χ4n) is 4.38. The Bertz CT molecular complexity index is 704. The van der Waals surface area contributed by atoms with Crippen LogP contribution in [-0.4, -0.2) is 60.9 Å². The molecule has 7 heteroatoms. The smallest absolute Gasteiger partial charge is 0.236 e. The molecular formula is C22H32FN3O3. The van der Waals surface area contributed by atoms with Gasteiger partial charge in [-0.3, -0.25) is 14.5 Å². The Labute approximate surface area is 172 Å². The molecule has 0 spiro atoms. The molecule has 2 aliphatic rings. The van der Waals surface area contributed by atoms with Crippen LogP contribution in [0.15, 0.2) is 24.3 Å². The standard InChI is InChI=1S/C22H32FN3O3/c1-17-7-11-25(12-8-17)14-21(28)26-10-2-9-22(15-26,13-20(24)27)16-29-19-5-3-18(23)4-6-19/h3-6,17H,2,7-16H2,1H3,(H2,24,27)/t22-/m0/s1. The molecule has 0 radical (unpaired) electrons. The minimum atomic E-state index is -0.509. The molecule has 2 fully saturated rings. The summed E-state index contributed by atoms with van der Waals surface area (Å²) in [5.74, 6) is 0.650. The molecule has 0 aromatic heterocycles. The van der Waals surface area contributed by atoms with Crippen molar-refractivity contribution in [2.24, 2.45) is 17.1 Å². The van der Waals surface area contributed by atoms with Crippen LogP contribution in [-0.2, 0) is 9.59 Å². The maximum absolute atomic E-state index is 13.1. The third kappa shape index (κ3) is 6.16. The van der Waals surface area contributed by atoms with E-state index in [-0.39, 0.29) is 24.8 Å². The lowest BCUT2D eigenvalue weighted by Crippen LogP contribution is -2.52. The summed E-state index contributed by atoms with van der Waals surface area (Å²) in [5.41, 5.74) is 5.02. The number of hydrogen-bond acceptors (Lipinski definition) is 4. The van der Waals surface area contributed by atoms with Gasteiger partial charge in [0.15, 0.2) is 0 Å². The molecule has 160 valence electrons. The van der Waals surface area contributed by atoms with Gasteiger partial charge in [0.1, 0.15) is 11.6 Å². The maximum Gasteiger partial charge on any atom is 0.236 e. The van der Waals surface area contributed by atoms with Crippen LogP contribution in [0.25, 0.3) is 0 Å². The summed E-state index contributed by atoms with van der Waals surface area (Å²) in [6, 6.07) is 5.81. The fraction of sp³-hybridized carbons (Fsp3) is 0.636. The van der Waals surface area contributed by atoms with E-state index >= 15 is 0 Å². The topological polar surface area (TPSA) is 75.9 Å². The first-order valence-electron chi connectivity index (χ1n) is 10.5. The molecule has 2 heterocycles. The fourth-order valence-corrected chi connectivity index (χ4v) is 4.38. The number of benzene rings is 1. The predicted octanol–water partition coefficient (Wildman–Crippen LogP) is 2.42. The average Bonchev–Trinajstić information content (AvgIpc) is 2.69. The van der Waals surface area contributed by atoms with Crippen molar-refractivity contribution in [1.82, 2.24) is 9.80 Å². The number of rotatable bonds is 7. The van der Waals surface area contributed by atoms with Gasteiger partial charge in [-0.1, -0.05) is 6.92 Å². The van der Waals surface area contributed by atoms with Crippen LogP contribution in [0.5, 0.6) is 5.75 Å². The van der Waals surface area contributed by atoms with E-state index in [1.54, 1.807) is 12.1 Å². The Kier molecular flexibility index (Phi) is 7.11. The molecular weight excluding hydrogens is 373 g/mol. The Balaban J connectivity index is 1.62. The summed E-state index contributed by atoms with van der Waals surface area (Å²) >= 11 is 0. The molecule has 1 aromatic rings. The molecule has 2 saturated heterocycles. The first-order chi connectivity index (χ1) is 13.8. The van der Waals surface area contributed by atoms with Gasteiger partial charge in [-0.15, -0.1) is 0 Å². The second-order valence-electron chi connectivity index (χ2n) is 8.76. The van der Waals surface area contributed by atoms with Gasteiger partial charge in [-0.25, -0.2) is 4.39 Å². The van der Waals surface area contributed by atoms with Crippen molar-refractivity contribution >= 4 is 11.8 Å². The van der Waals surface area contributed by atoms with Gasteiger partial charge in [-0.05, 0) is 69.0 Å². The highest BCUT2D eigenvalue weighted by atomic mass is 19.1. The third-order valence-electron chi connectivity index (χ3n) is 6.16. The minimum Gasteiger partial charge on any atom is -0.493 e. The van der Waals surface area contributed by atoms with E-state index in [1.165, 1.54) is 12.1 Å². The van der Waals surface area contributed by atoms with Crippen LogP contribution in [0.4, 0.5) is 4.39 Å². The third-order valence-corrected chi connectivity index (χ3v) is 6.16. The number of carbonyl (C=O) groups is 2. The number of carbonyl (C=O) groups excluding carboxylic acids is 2. The number of ether oxygens (including phenoxy) is 1. The van der Waals surface area contributed by atoms with E-state index in [9.17, 15) is 14.0 Å². The van der Waals surface area contributed by atoms with E-state index in [1.807, 2.05) is 4.90 Å². The first kappa shape index (κ1) is 21.6. The van der Waals surface area contributed by atoms with Crippen LogP contribution in [0.1, 0.15) is 39.0 Å². The number of piperidine rings is 2. The summed E-state index contributed by atoms with van der Waals surface area (Å²) in [6.07, 6.45) is 4.00. The lowest BCUT2D eigenvalue weighted by atomic mass is 9.77. The summed E-state index contributed by atoms with van der Waals surface area (Å²) in [6.45, 7) is 6.02. The summed E-state index contributed by atoms with van der Waals surface area (Å²) in [4.78, 5) is 28.8. The zero-order valence-electron chi connectivity index (χ0n) is 17.2. The lowest BCUT2D eigenvalue weighted by molar-refractivity contribution is -0.138. The highest BCUT2D eigenvalue weighted by molar-refractivity contribution is 5.79. The Morgan fingerprint density at radius 2 is 1.90 bits per heavy atom. The molecule has 1 aromatic carbocycles. The van der Waals surface area contributed by atoms with Crippen molar-refractivity contribution < 1.29 is 18.7 Å². The van der Waals surface area contributed by atoms with Crippen LogP contribution < -0.4 is 10.5 Å². The SMILES string of the molecule is CC1CCN(CC(=O)N2CCC[C@](COc3ccc(F)cc3)(CC(N)=O)C2)CC1. The number of primary amides is 1. The van der Waals surface area contributed by atoms with Gasteiger partial charge >= 0.3 is 0 Å². The number of hydrogen-bond donors (Lipinski definition) is 1. The molecule has 0 aliphatic carbocycles. The maximum atomic E-state index is 13.1. The van der Waals surface area contributed by atoms with Crippen molar-refractivity contribution in [3.8, 4) is 5.75 Å². The number of nitrogens with two attached hydrogens (primary N) is 1. The van der Waals surface area contributed by atoms with Crippen LogP contribution in [0.2, 0.25) is 0 Å². The van der Waals surface area contributed by atoms with Crippen LogP contribution >= 0.6 is 0 Å². The molecule has 29 heavy (non-hydrogen) atoms. The summed E-state index contributed by atoms with van der Waals surface area (Å²) in [7, 11) is 0. The van der Waals surface area contributed by atoms with E-state index in [0.29, 0.717) is 25.4 Å². The van der Waals surface area contributed by atoms with Crippen molar-refractivity contribution in [3.05, 3.63) is 30.1 Å². The van der Waals surface area contributed by atoms with Crippen LogP contribution in [0.3, 0.4) is 0 Å². The van der Waals surface area contributed by atoms with Crippen molar-refractivity contribution in [1.29, 1.82) is 0 Å². The van der Waals surface area contributed by atoms with Gasteiger partial charge in [0.2, 0.25) is 11.8 Å². The monoisotopic (exact) mass is 405 g/mol. The van der Waals surface area contributed by atoms with E-state index in [4.69, 9.17) is 10.5 Å². The second-order valence-corrected chi connectivity index (χ2v) is 8.76. The Morgan fingerprint density at radius 3 is 2.55 bits per heavy atom. The first-order valence-corrected chi connectivity index (χ1v) is 10.5. The Morgan fingerprint density at radius 1 is 1.21 bits per heavy atom. The van der Waals surface area contributed by atoms with Gasteiger partial charge in [-0.2, -0.15) is 0 Å². The van der Waals surface area contributed by atoms with E-state index in [2.05, 4.69) is 11.8 Å². The number of amides is 2. The zero-order chi connectivity index (χ0) is 20.9. The van der Waals surface area contributed by atoms with Gasteiger partial charge < -0.3 is 15.4 Å². The van der Waals surface area contributed by atoms with Gasteiger partial charge in [0.25, 0.3) is 0 Å². The van der Waals surface area contributed by atoms with Crippen molar-refractivity contribution in [3.63, 3.8) is 0 Å². The van der Waals surface area contributed by atoms with E-state index < -0.39 is 11.3 Å². The molecule has 1 atom stereocenters. The zero-order valence-corrected chi connectivity index (χ0v) is 17.2. The largest absolute Gasteiger partial charge is 0.493 e. The van der Waals surface area contributed by atoms with E-state index in [0.717, 1.165) is 44.7 Å². The lowest BCUT2D eigenvalue weighted by Gasteiger charge is -2.43. The number of halogens is 1. The van der Waals surface area contributed by atoms with Crippen LogP contribution in [0, 0.1) is 17.2 Å². The molecule has 0 bridgehead atoms. The van der Waals surface area contributed by atoms with Crippen molar-refractivity contribution in [2.75, 3.05) is 39.3 Å². The molecule has 2 N–H and O–H groups in total. The van der Waals surface area contributed by atoms with Crippen molar-refractivity contribution in [2.45, 2.75) is 39.0 Å². The van der Waals surface area contributed by atoms with Gasteiger partial charge in [0, 0.05) is 24.9 Å².